The van der Waals surface area contributed by atoms with Gasteiger partial charge in [-0.15, -0.1) is 0 Å². The molecule has 0 aliphatic carbocycles. The summed E-state index contributed by atoms with van der Waals surface area (Å²) >= 11 is 5.93. The van der Waals surface area contributed by atoms with Crippen molar-refractivity contribution in [2.45, 2.75) is 11.4 Å². The molecule has 0 aromatic heterocycles. The predicted molar refractivity (Wildman–Crippen MR) is 89.8 cm³/mol. The number of halogens is 1. The van der Waals surface area contributed by atoms with Crippen molar-refractivity contribution in [1.82, 2.24) is 0 Å². The Morgan fingerprint density at radius 2 is 1.91 bits per heavy atom. The van der Waals surface area contributed by atoms with Gasteiger partial charge in [0.1, 0.15) is 5.69 Å². The number of nitro benzene ring substituents is 1. The van der Waals surface area contributed by atoms with E-state index in [1.165, 1.54) is 12.1 Å². The molecule has 0 spiro atoms. The first-order valence-electron chi connectivity index (χ1n) is 6.62. The van der Waals surface area contributed by atoms with Crippen molar-refractivity contribution in [3.63, 3.8) is 0 Å². The summed E-state index contributed by atoms with van der Waals surface area (Å²) in [5.74, 6) is 0. The molecule has 0 saturated heterocycles. The summed E-state index contributed by atoms with van der Waals surface area (Å²) in [6.07, 6.45) is 1.02. The Morgan fingerprint density at radius 3 is 2.48 bits per heavy atom. The number of anilines is 1. The van der Waals surface area contributed by atoms with E-state index in [9.17, 15) is 18.5 Å². The Hall–Kier alpha value is -2.12. The van der Waals surface area contributed by atoms with Gasteiger partial charge in [0.25, 0.3) is 5.69 Å². The topological polar surface area (TPSA) is 80.5 Å². The highest BCUT2D eigenvalue weighted by Crippen LogP contribution is 2.31. The third-order valence-electron chi connectivity index (χ3n) is 3.29. The van der Waals surface area contributed by atoms with Crippen molar-refractivity contribution < 1.29 is 13.3 Å². The average Bonchev–Trinajstić information content (AvgIpc) is 2.45. The van der Waals surface area contributed by atoms with E-state index in [2.05, 4.69) is 0 Å². The van der Waals surface area contributed by atoms with E-state index < -0.39 is 14.8 Å². The maximum Gasteiger partial charge on any atom is 0.293 e. The van der Waals surface area contributed by atoms with Crippen molar-refractivity contribution in [1.29, 1.82) is 0 Å². The van der Waals surface area contributed by atoms with Gasteiger partial charge in [0.15, 0.2) is 9.84 Å². The van der Waals surface area contributed by atoms with Gasteiger partial charge in [-0.25, -0.2) is 8.42 Å². The molecule has 0 fully saturated rings. The highest BCUT2D eigenvalue weighted by Gasteiger charge is 2.21. The zero-order valence-electron chi connectivity index (χ0n) is 12.6. The second kappa shape index (κ2) is 6.55. The van der Waals surface area contributed by atoms with Crippen LogP contribution in [0.2, 0.25) is 5.02 Å². The maximum absolute atomic E-state index is 11.6. The number of hydrogen-bond donors (Lipinski definition) is 0. The molecular weight excluding hydrogens is 340 g/mol. The Labute approximate surface area is 139 Å². The summed E-state index contributed by atoms with van der Waals surface area (Å²) in [6.45, 7) is 0.402. The predicted octanol–water partition coefficient (Wildman–Crippen LogP) is 3.29. The third-order valence-corrected chi connectivity index (χ3v) is 4.64. The quantitative estimate of drug-likeness (QED) is 0.608. The third kappa shape index (κ3) is 4.20. The van der Waals surface area contributed by atoms with Crippen LogP contribution in [0.15, 0.2) is 47.4 Å². The molecule has 0 N–H and O–H groups in total. The molecule has 6 nitrogen and oxygen atoms in total. The Kier molecular flexibility index (Phi) is 4.91. The van der Waals surface area contributed by atoms with Crippen LogP contribution < -0.4 is 4.90 Å². The zero-order valence-corrected chi connectivity index (χ0v) is 14.1. The minimum atomic E-state index is -3.51. The average molecular weight is 355 g/mol. The van der Waals surface area contributed by atoms with Crippen molar-refractivity contribution >= 4 is 32.8 Å². The summed E-state index contributed by atoms with van der Waals surface area (Å²) in [4.78, 5) is 12.3. The summed E-state index contributed by atoms with van der Waals surface area (Å²) < 4.78 is 23.1. The fraction of sp³-hybridized carbons (Fsp3) is 0.200. The lowest BCUT2D eigenvalue weighted by Crippen LogP contribution is -2.18. The molecule has 0 radical (unpaired) electrons. The summed E-state index contributed by atoms with van der Waals surface area (Å²) in [5.41, 5.74) is 0.973. The summed E-state index contributed by atoms with van der Waals surface area (Å²) in [5, 5.41) is 11.9. The fourth-order valence-corrected chi connectivity index (χ4v) is 3.05. The fourth-order valence-electron chi connectivity index (χ4n) is 2.20. The van der Waals surface area contributed by atoms with Crippen molar-refractivity contribution in [2.75, 3.05) is 18.2 Å². The van der Waals surface area contributed by atoms with Crippen LogP contribution in [-0.2, 0) is 16.4 Å². The second-order valence-electron chi connectivity index (χ2n) is 5.17. The monoisotopic (exact) mass is 354 g/mol. The zero-order chi connectivity index (χ0) is 17.2. The highest BCUT2D eigenvalue weighted by atomic mass is 35.5. The number of benzene rings is 2. The van der Waals surface area contributed by atoms with Gasteiger partial charge in [-0.1, -0.05) is 23.7 Å². The Bertz CT molecular complexity index is 852. The van der Waals surface area contributed by atoms with E-state index in [0.717, 1.165) is 17.9 Å². The van der Waals surface area contributed by atoms with Gasteiger partial charge < -0.3 is 4.90 Å². The van der Waals surface area contributed by atoms with Crippen LogP contribution in [0.25, 0.3) is 0 Å². The largest absolute Gasteiger partial charge is 0.365 e. The van der Waals surface area contributed by atoms with Gasteiger partial charge in [0, 0.05) is 30.9 Å². The van der Waals surface area contributed by atoms with Crippen LogP contribution in [0.3, 0.4) is 0 Å². The second-order valence-corrected chi connectivity index (χ2v) is 7.62. The van der Waals surface area contributed by atoms with Crippen LogP contribution in [0, 0.1) is 10.1 Å². The highest BCUT2D eigenvalue weighted by molar-refractivity contribution is 7.90. The Balaban J connectivity index is 2.40. The van der Waals surface area contributed by atoms with Gasteiger partial charge in [-0.2, -0.15) is 0 Å². The number of rotatable bonds is 5. The molecular formula is C15H15ClN2O4S. The maximum atomic E-state index is 11.6. The SMILES string of the molecule is CN(Cc1cccc(Cl)c1)c1ccc(S(C)(=O)=O)cc1[N+](=O)[O-]. The van der Waals surface area contributed by atoms with Gasteiger partial charge >= 0.3 is 0 Å². The summed E-state index contributed by atoms with van der Waals surface area (Å²) in [6, 6.07) is 11.1. The van der Waals surface area contributed by atoms with Gasteiger partial charge in [-0.05, 0) is 29.8 Å². The lowest BCUT2D eigenvalue weighted by Gasteiger charge is -2.19. The molecule has 2 aromatic carbocycles. The molecule has 0 saturated carbocycles. The standard InChI is InChI=1S/C15H15ClN2O4S/c1-17(10-11-4-3-5-12(16)8-11)14-7-6-13(23(2,21)22)9-15(14)18(19)20/h3-9H,10H2,1-2H3. The molecule has 23 heavy (non-hydrogen) atoms. The first kappa shape index (κ1) is 17.2. The molecule has 0 aliphatic rings. The van der Waals surface area contributed by atoms with E-state index in [0.29, 0.717) is 17.3 Å². The van der Waals surface area contributed by atoms with Gasteiger partial charge in [-0.3, -0.25) is 10.1 Å². The summed E-state index contributed by atoms with van der Waals surface area (Å²) in [7, 11) is -1.81. The van der Waals surface area contributed by atoms with E-state index in [4.69, 9.17) is 11.6 Å². The van der Waals surface area contributed by atoms with Crippen LogP contribution in [0.5, 0.6) is 0 Å². The number of hydrogen-bond acceptors (Lipinski definition) is 5. The van der Waals surface area contributed by atoms with E-state index in [-0.39, 0.29) is 10.6 Å². The van der Waals surface area contributed by atoms with E-state index in [1.807, 2.05) is 6.07 Å². The van der Waals surface area contributed by atoms with Gasteiger partial charge in [0.2, 0.25) is 0 Å². The first-order valence-corrected chi connectivity index (χ1v) is 8.89. The molecule has 8 heteroatoms. The van der Waals surface area contributed by atoms with Crippen molar-refractivity contribution in [2.24, 2.45) is 0 Å². The van der Waals surface area contributed by atoms with Crippen molar-refractivity contribution in [3.8, 4) is 0 Å². The molecule has 2 rings (SSSR count). The smallest absolute Gasteiger partial charge is 0.293 e. The van der Waals surface area contributed by atoms with Crippen LogP contribution in [-0.4, -0.2) is 26.6 Å². The lowest BCUT2D eigenvalue weighted by atomic mass is 10.2. The number of nitro groups is 1. The lowest BCUT2D eigenvalue weighted by molar-refractivity contribution is -0.384. The Morgan fingerprint density at radius 1 is 1.22 bits per heavy atom. The minimum Gasteiger partial charge on any atom is -0.365 e. The normalized spacial score (nSPS) is 11.3. The molecule has 0 aliphatic heterocycles. The number of sulfone groups is 1. The van der Waals surface area contributed by atoms with Crippen LogP contribution >= 0.6 is 11.6 Å². The molecule has 0 bridgehead atoms. The molecule has 0 atom stereocenters. The molecule has 0 heterocycles. The van der Waals surface area contributed by atoms with Crippen LogP contribution in [0.4, 0.5) is 11.4 Å². The molecule has 0 amide bonds. The number of nitrogens with zero attached hydrogens (tertiary/aromatic N) is 2. The van der Waals surface area contributed by atoms with E-state index >= 15 is 0 Å². The minimum absolute atomic E-state index is 0.0795. The molecule has 0 unspecified atom stereocenters. The molecule has 2 aromatic rings. The van der Waals surface area contributed by atoms with Crippen molar-refractivity contribution in [3.05, 3.63) is 63.2 Å². The van der Waals surface area contributed by atoms with E-state index in [1.54, 1.807) is 30.1 Å². The van der Waals surface area contributed by atoms with Gasteiger partial charge in [0.05, 0.1) is 9.82 Å². The molecule has 122 valence electrons. The first-order chi connectivity index (χ1) is 10.7. The van der Waals surface area contributed by atoms with Crippen LogP contribution in [0.1, 0.15) is 5.56 Å².